The Hall–Kier alpha value is -3.16. The van der Waals surface area contributed by atoms with Crippen LogP contribution >= 0.6 is 0 Å². The second-order valence-corrected chi connectivity index (χ2v) is 9.86. The summed E-state index contributed by atoms with van der Waals surface area (Å²) >= 11 is 0. The molecular weight excluding hydrogens is 430 g/mol. The first-order valence-electron chi connectivity index (χ1n) is 12.2. The van der Waals surface area contributed by atoms with Gasteiger partial charge in [0.1, 0.15) is 16.9 Å². The van der Waals surface area contributed by atoms with Crippen LogP contribution in [0.5, 0.6) is 0 Å². The maximum Gasteiger partial charge on any atom is 0.259 e. The van der Waals surface area contributed by atoms with E-state index in [1.165, 1.54) is 0 Å². The van der Waals surface area contributed by atoms with Crippen LogP contribution in [0.3, 0.4) is 0 Å². The quantitative estimate of drug-likeness (QED) is 0.645. The molecule has 0 atom stereocenters. The van der Waals surface area contributed by atoms with Gasteiger partial charge in [-0.25, -0.2) is 4.98 Å². The lowest BCUT2D eigenvalue weighted by Gasteiger charge is -2.35. The molecular formula is C26H37N5O3. The van der Waals surface area contributed by atoms with Crippen molar-refractivity contribution in [2.75, 3.05) is 37.6 Å². The van der Waals surface area contributed by atoms with E-state index >= 15 is 0 Å². The maximum absolute atomic E-state index is 13.4. The number of rotatable bonds is 8. The van der Waals surface area contributed by atoms with E-state index < -0.39 is 11.3 Å². The summed E-state index contributed by atoms with van der Waals surface area (Å²) < 4.78 is 1.80. The number of nitrogens with one attached hydrogen (secondary N) is 1. The zero-order valence-electron chi connectivity index (χ0n) is 21.0. The molecule has 0 radical (unpaired) electrons. The first kappa shape index (κ1) is 25.5. The Morgan fingerprint density at radius 3 is 2.29 bits per heavy atom. The van der Waals surface area contributed by atoms with Crippen molar-refractivity contribution in [1.29, 1.82) is 0 Å². The summed E-state index contributed by atoms with van der Waals surface area (Å²) in [6.07, 6.45) is 4.00. The van der Waals surface area contributed by atoms with Gasteiger partial charge in [-0.05, 0) is 37.3 Å². The SMILES string of the molecule is Cc1cccc(N2CCN(C(=O)c3cn(CC(C)C)cc(C(=O)NCCC(C)C)c3=O)CC2)n1. The molecule has 34 heavy (non-hydrogen) atoms. The van der Waals surface area contributed by atoms with Crippen LogP contribution in [0.15, 0.2) is 35.4 Å². The van der Waals surface area contributed by atoms with Crippen LogP contribution in [0.2, 0.25) is 0 Å². The summed E-state index contributed by atoms with van der Waals surface area (Å²) in [5, 5.41) is 2.84. The normalized spacial score (nSPS) is 14.1. The van der Waals surface area contributed by atoms with Gasteiger partial charge in [0, 0.05) is 57.4 Å². The van der Waals surface area contributed by atoms with Gasteiger partial charge in [0.25, 0.3) is 11.8 Å². The van der Waals surface area contributed by atoms with Crippen LogP contribution in [-0.4, -0.2) is 59.0 Å². The van der Waals surface area contributed by atoms with Crippen LogP contribution in [-0.2, 0) is 6.54 Å². The van der Waals surface area contributed by atoms with Crippen molar-refractivity contribution in [3.8, 4) is 0 Å². The minimum atomic E-state index is -0.505. The van der Waals surface area contributed by atoms with Gasteiger partial charge < -0.3 is 19.7 Å². The number of carbonyl (C=O) groups is 2. The molecule has 0 aliphatic carbocycles. The van der Waals surface area contributed by atoms with Crippen molar-refractivity contribution in [2.24, 2.45) is 11.8 Å². The lowest BCUT2D eigenvalue weighted by molar-refractivity contribution is 0.0744. The largest absolute Gasteiger partial charge is 0.353 e. The molecule has 3 heterocycles. The fourth-order valence-corrected chi connectivity index (χ4v) is 4.06. The Labute approximate surface area is 202 Å². The summed E-state index contributed by atoms with van der Waals surface area (Å²) in [6, 6.07) is 5.90. The number of pyridine rings is 2. The second-order valence-electron chi connectivity index (χ2n) is 9.86. The highest BCUT2D eigenvalue weighted by Crippen LogP contribution is 2.15. The second kappa shape index (κ2) is 11.3. The summed E-state index contributed by atoms with van der Waals surface area (Å²) in [4.78, 5) is 47.8. The highest BCUT2D eigenvalue weighted by Gasteiger charge is 2.27. The number of aromatic nitrogens is 2. The Kier molecular flexibility index (Phi) is 8.47. The summed E-state index contributed by atoms with van der Waals surface area (Å²) in [6.45, 7) is 13.6. The molecule has 2 aromatic heterocycles. The Morgan fingerprint density at radius 2 is 1.68 bits per heavy atom. The van der Waals surface area contributed by atoms with Crippen LogP contribution in [0, 0.1) is 18.8 Å². The van der Waals surface area contributed by atoms with Gasteiger partial charge >= 0.3 is 0 Å². The van der Waals surface area contributed by atoms with Crippen molar-refractivity contribution in [2.45, 2.75) is 47.6 Å². The van der Waals surface area contributed by atoms with Crippen molar-refractivity contribution in [3.05, 3.63) is 57.6 Å². The van der Waals surface area contributed by atoms with Crippen molar-refractivity contribution in [1.82, 2.24) is 19.8 Å². The average Bonchev–Trinajstić information content (AvgIpc) is 2.79. The monoisotopic (exact) mass is 467 g/mol. The Bertz CT molecular complexity index is 1070. The van der Waals surface area contributed by atoms with Gasteiger partial charge in [0.2, 0.25) is 5.43 Å². The molecule has 1 aliphatic rings. The molecule has 0 bridgehead atoms. The van der Waals surface area contributed by atoms with E-state index in [0.717, 1.165) is 17.9 Å². The Balaban J connectivity index is 1.79. The van der Waals surface area contributed by atoms with E-state index in [-0.39, 0.29) is 17.0 Å². The number of amides is 2. The van der Waals surface area contributed by atoms with E-state index in [0.29, 0.717) is 51.1 Å². The minimum absolute atomic E-state index is 0.0258. The lowest BCUT2D eigenvalue weighted by Crippen LogP contribution is -2.50. The molecule has 2 amide bonds. The molecule has 0 saturated carbocycles. The molecule has 0 unspecified atom stereocenters. The molecule has 0 spiro atoms. The molecule has 184 valence electrons. The van der Waals surface area contributed by atoms with E-state index in [2.05, 4.69) is 42.9 Å². The van der Waals surface area contributed by atoms with Crippen molar-refractivity contribution < 1.29 is 9.59 Å². The number of carbonyl (C=O) groups excluding carboxylic acids is 2. The topological polar surface area (TPSA) is 87.5 Å². The first-order chi connectivity index (χ1) is 16.2. The maximum atomic E-state index is 13.4. The highest BCUT2D eigenvalue weighted by molar-refractivity contribution is 5.99. The van der Waals surface area contributed by atoms with Gasteiger partial charge in [-0.2, -0.15) is 0 Å². The standard InChI is InChI=1S/C26H37N5O3/c1-18(2)9-10-27-25(33)21-16-29(15-19(3)4)17-22(24(21)32)26(34)31-13-11-30(12-14-31)23-8-6-7-20(5)28-23/h6-8,16-19H,9-15H2,1-5H3,(H,27,33). The molecule has 0 aromatic carbocycles. The number of nitrogens with zero attached hydrogens (tertiary/aromatic N) is 4. The van der Waals surface area contributed by atoms with E-state index in [9.17, 15) is 14.4 Å². The molecule has 8 heteroatoms. The summed E-state index contributed by atoms with van der Waals surface area (Å²) in [5.74, 6) is 0.892. The first-order valence-corrected chi connectivity index (χ1v) is 12.2. The number of anilines is 1. The fraction of sp³-hybridized carbons (Fsp3) is 0.538. The van der Waals surface area contributed by atoms with Gasteiger partial charge in [-0.3, -0.25) is 14.4 Å². The van der Waals surface area contributed by atoms with Crippen LogP contribution in [0.4, 0.5) is 5.82 Å². The number of hydrogen-bond donors (Lipinski definition) is 1. The lowest BCUT2D eigenvalue weighted by atomic mass is 10.1. The van der Waals surface area contributed by atoms with Crippen molar-refractivity contribution >= 4 is 17.6 Å². The number of aryl methyl sites for hydroxylation is 1. The van der Waals surface area contributed by atoms with Gasteiger partial charge in [0.15, 0.2) is 0 Å². The third-order valence-corrected chi connectivity index (χ3v) is 5.90. The van der Waals surface area contributed by atoms with Gasteiger partial charge in [-0.1, -0.05) is 33.8 Å². The molecule has 1 saturated heterocycles. The molecule has 2 aromatic rings. The van der Waals surface area contributed by atoms with E-state index in [1.54, 1.807) is 21.9 Å². The van der Waals surface area contributed by atoms with E-state index in [4.69, 9.17) is 0 Å². The zero-order valence-corrected chi connectivity index (χ0v) is 21.0. The molecule has 8 nitrogen and oxygen atoms in total. The van der Waals surface area contributed by atoms with Gasteiger partial charge in [-0.15, -0.1) is 0 Å². The number of piperazine rings is 1. The predicted octanol–water partition coefficient (Wildman–Crippen LogP) is 2.95. The van der Waals surface area contributed by atoms with Crippen LogP contribution in [0.1, 0.15) is 60.5 Å². The molecule has 3 rings (SSSR count). The average molecular weight is 468 g/mol. The number of hydrogen-bond acceptors (Lipinski definition) is 5. The van der Waals surface area contributed by atoms with Gasteiger partial charge in [0.05, 0.1) is 0 Å². The highest BCUT2D eigenvalue weighted by atomic mass is 16.2. The van der Waals surface area contributed by atoms with E-state index in [1.807, 2.05) is 25.1 Å². The zero-order chi connectivity index (χ0) is 24.8. The van der Waals surface area contributed by atoms with Crippen molar-refractivity contribution in [3.63, 3.8) is 0 Å². The molecule has 1 aliphatic heterocycles. The Morgan fingerprint density at radius 1 is 1.00 bits per heavy atom. The fourth-order valence-electron chi connectivity index (χ4n) is 4.06. The third kappa shape index (κ3) is 6.46. The summed E-state index contributed by atoms with van der Waals surface area (Å²) in [7, 11) is 0. The van der Waals surface area contributed by atoms with Crippen LogP contribution in [0.25, 0.3) is 0 Å². The van der Waals surface area contributed by atoms with Crippen LogP contribution < -0.4 is 15.6 Å². The minimum Gasteiger partial charge on any atom is -0.353 e. The predicted molar refractivity (Wildman–Crippen MR) is 134 cm³/mol. The molecule has 1 fully saturated rings. The third-order valence-electron chi connectivity index (χ3n) is 5.90. The molecule has 1 N–H and O–H groups in total. The summed E-state index contributed by atoms with van der Waals surface area (Å²) in [5.41, 5.74) is 0.525. The smallest absolute Gasteiger partial charge is 0.259 e.